The summed E-state index contributed by atoms with van der Waals surface area (Å²) in [6, 6.07) is 11.0. The van der Waals surface area contributed by atoms with E-state index in [4.69, 9.17) is 0 Å². The molecule has 5 heteroatoms. The number of anilines is 2. The molecule has 0 aliphatic carbocycles. The van der Waals surface area contributed by atoms with E-state index < -0.39 is 11.6 Å². The van der Waals surface area contributed by atoms with Gasteiger partial charge in [-0.3, -0.25) is 4.79 Å². The van der Waals surface area contributed by atoms with E-state index in [9.17, 15) is 13.6 Å². The zero-order valence-electron chi connectivity index (χ0n) is 12.5. The van der Waals surface area contributed by atoms with Crippen molar-refractivity contribution in [2.75, 3.05) is 17.2 Å². The number of amides is 1. The van der Waals surface area contributed by atoms with Gasteiger partial charge in [0.25, 0.3) is 0 Å². The molecule has 3 nitrogen and oxygen atoms in total. The number of para-hydroxylation sites is 2. The van der Waals surface area contributed by atoms with E-state index in [2.05, 4.69) is 10.6 Å². The first kappa shape index (κ1) is 15.9. The van der Waals surface area contributed by atoms with Gasteiger partial charge in [0.2, 0.25) is 5.91 Å². The number of hydrogen-bond donors (Lipinski definition) is 2. The van der Waals surface area contributed by atoms with Crippen molar-refractivity contribution in [1.82, 2.24) is 0 Å². The lowest BCUT2D eigenvalue weighted by Gasteiger charge is -2.14. The minimum atomic E-state index is -0.726. The van der Waals surface area contributed by atoms with Crippen LogP contribution in [-0.2, 0) is 4.79 Å². The van der Waals surface area contributed by atoms with E-state index in [0.29, 0.717) is 5.69 Å². The topological polar surface area (TPSA) is 41.1 Å². The molecular weight excluding hydrogens is 286 g/mol. The molecule has 0 aromatic heterocycles. The quantitative estimate of drug-likeness (QED) is 0.871. The van der Waals surface area contributed by atoms with Crippen LogP contribution < -0.4 is 10.6 Å². The van der Waals surface area contributed by atoms with Gasteiger partial charge in [-0.1, -0.05) is 38.1 Å². The van der Waals surface area contributed by atoms with Crippen LogP contribution >= 0.6 is 0 Å². The summed E-state index contributed by atoms with van der Waals surface area (Å²) in [6.07, 6.45) is 0. The fraction of sp³-hybridized carbons (Fsp3) is 0.235. The van der Waals surface area contributed by atoms with Crippen LogP contribution in [0.4, 0.5) is 20.2 Å². The van der Waals surface area contributed by atoms with E-state index in [-0.39, 0.29) is 24.1 Å². The van der Waals surface area contributed by atoms with E-state index >= 15 is 0 Å². The summed E-state index contributed by atoms with van der Waals surface area (Å²) in [4.78, 5) is 12.0. The molecule has 0 saturated carbocycles. The van der Waals surface area contributed by atoms with Gasteiger partial charge in [0.15, 0.2) is 0 Å². The van der Waals surface area contributed by atoms with E-state index in [1.807, 2.05) is 32.0 Å². The molecule has 0 fully saturated rings. The first-order valence-corrected chi connectivity index (χ1v) is 7.05. The summed E-state index contributed by atoms with van der Waals surface area (Å²) in [6.45, 7) is 3.83. The Morgan fingerprint density at radius 3 is 2.32 bits per heavy atom. The summed E-state index contributed by atoms with van der Waals surface area (Å²) in [7, 11) is 0. The normalized spacial score (nSPS) is 10.6. The lowest BCUT2D eigenvalue weighted by Crippen LogP contribution is -2.23. The van der Waals surface area contributed by atoms with E-state index in [0.717, 1.165) is 17.7 Å². The number of hydrogen-bond acceptors (Lipinski definition) is 2. The maximum absolute atomic E-state index is 13.5. The van der Waals surface area contributed by atoms with Gasteiger partial charge in [0.05, 0.1) is 6.54 Å². The predicted octanol–water partition coefficient (Wildman–Crippen LogP) is 4.14. The van der Waals surface area contributed by atoms with Crippen LogP contribution in [0, 0.1) is 11.6 Å². The minimum Gasteiger partial charge on any atom is -0.371 e. The van der Waals surface area contributed by atoms with Crippen LogP contribution in [-0.4, -0.2) is 12.5 Å². The largest absolute Gasteiger partial charge is 0.371 e. The van der Waals surface area contributed by atoms with Crippen LogP contribution in [0.2, 0.25) is 0 Å². The summed E-state index contributed by atoms with van der Waals surface area (Å²) in [5, 5.41) is 5.24. The lowest BCUT2D eigenvalue weighted by molar-refractivity contribution is -0.114. The summed E-state index contributed by atoms with van der Waals surface area (Å²) < 4.78 is 26.9. The molecule has 0 saturated heterocycles. The fourth-order valence-corrected chi connectivity index (χ4v) is 2.14. The van der Waals surface area contributed by atoms with Crippen molar-refractivity contribution < 1.29 is 13.6 Å². The molecule has 1 amide bonds. The molecule has 2 rings (SSSR count). The van der Waals surface area contributed by atoms with Gasteiger partial charge in [0.1, 0.15) is 17.3 Å². The molecule has 0 aliphatic heterocycles. The highest BCUT2D eigenvalue weighted by Gasteiger charge is 2.12. The van der Waals surface area contributed by atoms with Gasteiger partial charge in [-0.2, -0.15) is 0 Å². The standard InChI is InChI=1S/C17H18F2N2O/c1-11(2)12-6-3-4-9-15(12)21-16(22)10-20-17-13(18)7-5-8-14(17)19/h3-9,11,20H,10H2,1-2H3,(H,21,22). The average molecular weight is 304 g/mol. The van der Waals surface area contributed by atoms with Crippen LogP contribution in [0.5, 0.6) is 0 Å². The molecule has 22 heavy (non-hydrogen) atoms. The number of carbonyl (C=O) groups excluding carboxylic acids is 1. The second kappa shape index (κ2) is 7.02. The van der Waals surface area contributed by atoms with Crippen LogP contribution in [0.25, 0.3) is 0 Å². The third kappa shape index (κ3) is 3.81. The number of benzene rings is 2. The number of carbonyl (C=O) groups is 1. The zero-order chi connectivity index (χ0) is 16.1. The SMILES string of the molecule is CC(C)c1ccccc1NC(=O)CNc1c(F)cccc1F. The van der Waals surface area contributed by atoms with Crippen molar-refractivity contribution in [3.8, 4) is 0 Å². The first-order chi connectivity index (χ1) is 10.5. The summed E-state index contributed by atoms with van der Waals surface area (Å²) >= 11 is 0. The van der Waals surface area contributed by atoms with Gasteiger partial charge < -0.3 is 10.6 Å². The van der Waals surface area contributed by atoms with Crippen molar-refractivity contribution in [3.63, 3.8) is 0 Å². The average Bonchev–Trinajstić information content (AvgIpc) is 2.47. The van der Waals surface area contributed by atoms with Gasteiger partial charge in [0, 0.05) is 5.69 Å². The van der Waals surface area contributed by atoms with Crippen molar-refractivity contribution in [2.45, 2.75) is 19.8 Å². The van der Waals surface area contributed by atoms with Gasteiger partial charge >= 0.3 is 0 Å². The number of rotatable bonds is 5. The Bertz CT molecular complexity index is 651. The van der Waals surface area contributed by atoms with E-state index in [1.54, 1.807) is 6.07 Å². The highest BCUT2D eigenvalue weighted by molar-refractivity contribution is 5.94. The number of nitrogens with one attached hydrogen (secondary N) is 2. The van der Waals surface area contributed by atoms with Gasteiger partial charge in [-0.25, -0.2) is 8.78 Å². The predicted molar refractivity (Wildman–Crippen MR) is 84.0 cm³/mol. The second-order valence-electron chi connectivity index (χ2n) is 5.24. The Balaban J connectivity index is 2.02. The Labute approximate surface area is 128 Å². The zero-order valence-corrected chi connectivity index (χ0v) is 12.5. The molecule has 0 radical (unpaired) electrons. The molecule has 2 aromatic rings. The highest BCUT2D eigenvalue weighted by Crippen LogP contribution is 2.23. The van der Waals surface area contributed by atoms with Crippen LogP contribution in [0.3, 0.4) is 0 Å². The molecule has 0 heterocycles. The summed E-state index contributed by atoms with van der Waals surface area (Å²) in [5.74, 6) is -1.56. The molecule has 2 aromatic carbocycles. The molecule has 0 atom stereocenters. The maximum atomic E-state index is 13.5. The molecule has 116 valence electrons. The molecule has 0 unspecified atom stereocenters. The van der Waals surface area contributed by atoms with Crippen molar-refractivity contribution in [3.05, 3.63) is 59.7 Å². The minimum absolute atomic E-state index is 0.218. The third-order valence-corrected chi connectivity index (χ3v) is 3.25. The Kier molecular flexibility index (Phi) is 5.09. The fourth-order valence-electron chi connectivity index (χ4n) is 2.14. The van der Waals surface area contributed by atoms with Gasteiger partial charge in [-0.05, 0) is 29.7 Å². The Hall–Kier alpha value is -2.43. The molecule has 2 N–H and O–H groups in total. The molecule has 0 aliphatic rings. The second-order valence-corrected chi connectivity index (χ2v) is 5.24. The van der Waals surface area contributed by atoms with Crippen molar-refractivity contribution >= 4 is 17.3 Å². The molecule has 0 spiro atoms. The monoisotopic (exact) mass is 304 g/mol. The third-order valence-electron chi connectivity index (χ3n) is 3.25. The maximum Gasteiger partial charge on any atom is 0.243 e. The Morgan fingerprint density at radius 2 is 1.68 bits per heavy atom. The van der Waals surface area contributed by atoms with Gasteiger partial charge in [-0.15, -0.1) is 0 Å². The van der Waals surface area contributed by atoms with E-state index in [1.165, 1.54) is 6.07 Å². The lowest BCUT2D eigenvalue weighted by atomic mass is 10.0. The Morgan fingerprint density at radius 1 is 1.05 bits per heavy atom. The smallest absolute Gasteiger partial charge is 0.243 e. The molecular formula is C17H18F2N2O. The number of halogens is 2. The van der Waals surface area contributed by atoms with Crippen molar-refractivity contribution in [1.29, 1.82) is 0 Å². The molecule has 0 bridgehead atoms. The summed E-state index contributed by atoms with van der Waals surface area (Å²) in [5.41, 5.74) is 1.42. The first-order valence-electron chi connectivity index (χ1n) is 7.05. The highest BCUT2D eigenvalue weighted by atomic mass is 19.1. The van der Waals surface area contributed by atoms with Crippen molar-refractivity contribution in [2.24, 2.45) is 0 Å². The van der Waals surface area contributed by atoms with Crippen LogP contribution in [0.1, 0.15) is 25.3 Å². The van der Waals surface area contributed by atoms with Crippen LogP contribution in [0.15, 0.2) is 42.5 Å².